The van der Waals surface area contributed by atoms with Gasteiger partial charge in [0.25, 0.3) is 0 Å². The van der Waals surface area contributed by atoms with Crippen LogP contribution in [0.15, 0.2) is 35.2 Å². The molecule has 1 aromatic rings. The number of rotatable bonds is 8. The van der Waals surface area contributed by atoms with Gasteiger partial charge in [0.2, 0.25) is 0 Å². The van der Waals surface area contributed by atoms with Gasteiger partial charge < -0.3 is 14.8 Å². The molecule has 0 saturated heterocycles. The zero-order valence-electron chi connectivity index (χ0n) is 16.7. The lowest BCUT2D eigenvalue weighted by Gasteiger charge is -2.23. The lowest BCUT2D eigenvalue weighted by Crippen LogP contribution is -2.48. The Labute approximate surface area is 165 Å². The number of alkyl carbamates (subject to hydrolysis) is 1. The molecule has 0 radical (unpaired) electrons. The molecule has 2 atom stereocenters. The maximum absolute atomic E-state index is 13.0. The van der Waals surface area contributed by atoms with Crippen LogP contribution in [0.1, 0.15) is 41.0 Å². The van der Waals surface area contributed by atoms with E-state index in [0.717, 1.165) is 0 Å². The first-order valence-corrected chi connectivity index (χ1v) is 10.4. The fourth-order valence-electron chi connectivity index (χ4n) is 2.34. The Balaban J connectivity index is 3.12. The predicted octanol–water partition coefficient (Wildman–Crippen LogP) is 2.26. The summed E-state index contributed by atoms with van der Waals surface area (Å²) >= 11 is 0. The molecule has 9 heteroatoms. The molecule has 0 aliphatic carbocycles. The number of sulfone groups is 1. The third-order valence-corrected chi connectivity index (χ3v) is 5.66. The molecule has 8 nitrogen and oxygen atoms in total. The summed E-state index contributed by atoms with van der Waals surface area (Å²) in [4.78, 5) is 36.6. The van der Waals surface area contributed by atoms with Crippen LogP contribution in [0.5, 0.6) is 0 Å². The van der Waals surface area contributed by atoms with E-state index >= 15 is 0 Å². The van der Waals surface area contributed by atoms with Crippen molar-refractivity contribution in [3.05, 3.63) is 30.3 Å². The minimum absolute atomic E-state index is 0.0524. The van der Waals surface area contributed by atoms with Crippen LogP contribution >= 0.6 is 0 Å². The van der Waals surface area contributed by atoms with E-state index in [1.54, 1.807) is 33.8 Å². The van der Waals surface area contributed by atoms with Gasteiger partial charge in [0, 0.05) is 0 Å². The zero-order chi connectivity index (χ0) is 21.5. The Kier molecular flexibility index (Phi) is 8.16. The van der Waals surface area contributed by atoms with E-state index in [9.17, 15) is 22.8 Å². The standard InChI is InChI=1S/C19H27NO7S/c1-6-26-16(21)12-15(28(24,25)14-10-8-7-9-11-14)17(22)13(2)20-18(23)27-19(3,4)5/h7-11,13,15H,6,12H2,1-5H3,(H,20,23)/t13-,15?/m0/s1. The van der Waals surface area contributed by atoms with E-state index in [1.165, 1.54) is 31.2 Å². The van der Waals surface area contributed by atoms with Crippen LogP contribution in [0.25, 0.3) is 0 Å². The Hall–Kier alpha value is -2.42. The van der Waals surface area contributed by atoms with Gasteiger partial charge in [-0.15, -0.1) is 0 Å². The smallest absolute Gasteiger partial charge is 0.408 e. The molecule has 1 amide bonds. The molecule has 1 aromatic carbocycles. The molecule has 0 saturated carbocycles. The van der Waals surface area contributed by atoms with Gasteiger partial charge in [0.05, 0.1) is 24.0 Å². The van der Waals surface area contributed by atoms with Crippen molar-refractivity contribution < 1.29 is 32.3 Å². The fraction of sp³-hybridized carbons (Fsp3) is 0.526. The van der Waals surface area contributed by atoms with Gasteiger partial charge in [-0.2, -0.15) is 0 Å². The molecule has 0 heterocycles. The van der Waals surface area contributed by atoms with Crippen molar-refractivity contribution in [3.63, 3.8) is 0 Å². The van der Waals surface area contributed by atoms with Gasteiger partial charge in [-0.1, -0.05) is 18.2 Å². The molecule has 1 rings (SSSR count). The van der Waals surface area contributed by atoms with Gasteiger partial charge in [0.1, 0.15) is 10.9 Å². The Morgan fingerprint density at radius 3 is 2.18 bits per heavy atom. The molecular formula is C19H27NO7S. The minimum atomic E-state index is -4.17. The van der Waals surface area contributed by atoms with E-state index in [4.69, 9.17) is 9.47 Å². The lowest BCUT2D eigenvalue weighted by atomic mass is 10.1. The number of ether oxygens (including phenoxy) is 2. The Morgan fingerprint density at radius 2 is 1.68 bits per heavy atom. The number of benzene rings is 1. The van der Waals surface area contributed by atoms with Crippen LogP contribution in [0, 0.1) is 0 Å². The molecule has 1 N–H and O–H groups in total. The molecule has 28 heavy (non-hydrogen) atoms. The van der Waals surface area contributed by atoms with Crippen LogP contribution in [-0.4, -0.2) is 49.8 Å². The molecule has 1 unspecified atom stereocenters. The number of Topliss-reactive ketones (excluding diaryl/α,β-unsaturated/α-hetero) is 1. The van der Waals surface area contributed by atoms with Gasteiger partial charge in [-0.05, 0) is 46.8 Å². The average Bonchev–Trinajstić information content (AvgIpc) is 2.58. The zero-order valence-corrected chi connectivity index (χ0v) is 17.5. The largest absolute Gasteiger partial charge is 0.466 e. The van der Waals surface area contributed by atoms with Gasteiger partial charge in [-0.3, -0.25) is 9.59 Å². The van der Waals surface area contributed by atoms with Crippen molar-refractivity contribution in [2.24, 2.45) is 0 Å². The maximum atomic E-state index is 13.0. The van der Waals surface area contributed by atoms with E-state index in [1.807, 2.05) is 0 Å². The summed E-state index contributed by atoms with van der Waals surface area (Å²) in [5.41, 5.74) is -0.784. The summed E-state index contributed by atoms with van der Waals surface area (Å²) in [6, 6.07) is 6.16. The first kappa shape index (κ1) is 23.6. The first-order chi connectivity index (χ1) is 12.9. The summed E-state index contributed by atoms with van der Waals surface area (Å²) in [6.45, 7) is 7.93. The SMILES string of the molecule is CCOC(=O)CC(C(=O)[C@H](C)NC(=O)OC(C)(C)C)S(=O)(=O)c1ccccc1. The molecule has 0 fully saturated rings. The van der Waals surface area contributed by atoms with Crippen LogP contribution in [0.4, 0.5) is 4.79 Å². The van der Waals surface area contributed by atoms with Crippen LogP contribution in [0.3, 0.4) is 0 Å². The van der Waals surface area contributed by atoms with Gasteiger partial charge in [-0.25, -0.2) is 13.2 Å². The molecule has 156 valence electrons. The number of hydrogen-bond acceptors (Lipinski definition) is 7. The fourth-order valence-corrected chi connectivity index (χ4v) is 4.07. The second-order valence-corrected chi connectivity index (χ2v) is 9.26. The highest BCUT2D eigenvalue weighted by Gasteiger charge is 2.39. The summed E-state index contributed by atoms with van der Waals surface area (Å²) in [6.07, 6.45) is -1.51. The minimum Gasteiger partial charge on any atom is -0.466 e. The quantitative estimate of drug-likeness (QED) is 0.650. The van der Waals surface area contributed by atoms with E-state index in [0.29, 0.717) is 0 Å². The number of ketones is 1. The highest BCUT2D eigenvalue weighted by atomic mass is 32.2. The van der Waals surface area contributed by atoms with Gasteiger partial charge in [0.15, 0.2) is 15.6 Å². The monoisotopic (exact) mass is 413 g/mol. The third kappa shape index (κ3) is 6.95. The molecule has 0 aliphatic rings. The summed E-state index contributed by atoms with van der Waals surface area (Å²) in [7, 11) is -4.17. The number of amides is 1. The summed E-state index contributed by atoms with van der Waals surface area (Å²) in [5.74, 6) is -1.65. The Morgan fingerprint density at radius 1 is 1.11 bits per heavy atom. The second kappa shape index (κ2) is 9.68. The van der Waals surface area contributed by atoms with E-state index in [-0.39, 0.29) is 11.5 Å². The number of hydrogen-bond donors (Lipinski definition) is 1. The number of carbonyl (C=O) groups is 3. The first-order valence-electron chi connectivity index (χ1n) is 8.86. The molecule has 0 spiro atoms. The lowest BCUT2D eigenvalue weighted by molar-refractivity contribution is -0.144. The van der Waals surface area contributed by atoms with E-state index in [2.05, 4.69) is 5.32 Å². The van der Waals surface area contributed by atoms with Crippen LogP contribution < -0.4 is 5.32 Å². The van der Waals surface area contributed by atoms with Crippen molar-refractivity contribution in [1.29, 1.82) is 0 Å². The average molecular weight is 413 g/mol. The predicted molar refractivity (Wildman–Crippen MR) is 103 cm³/mol. The molecule has 0 aromatic heterocycles. The summed E-state index contributed by atoms with van der Waals surface area (Å²) < 4.78 is 35.8. The highest BCUT2D eigenvalue weighted by Crippen LogP contribution is 2.21. The molecular weight excluding hydrogens is 386 g/mol. The number of esters is 1. The highest BCUT2D eigenvalue weighted by molar-refractivity contribution is 7.92. The second-order valence-electron chi connectivity index (χ2n) is 7.13. The molecule has 0 aliphatic heterocycles. The normalized spacial score (nSPS) is 13.9. The van der Waals surface area contributed by atoms with Crippen LogP contribution in [0.2, 0.25) is 0 Å². The van der Waals surface area contributed by atoms with Crippen molar-refractivity contribution in [3.8, 4) is 0 Å². The Bertz CT molecular complexity index is 797. The van der Waals surface area contributed by atoms with Crippen molar-refractivity contribution in [2.75, 3.05) is 6.61 Å². The number of carbonyl (C=O) groups excluding carboxylic acids is 3. The van der Waals surface area contributed by atoms with Crippen LogP contribution in [-0.2, 0) is 28.9 Å². The maximum Gasteiger partial charge on any atom is 0.408 e. The molecule has 0 bridgehead atoms. The number of nitrogens with one attached hydrogen (secondary N) is 1. The van der Waals surface area contributed by atoms with Crippen molar-refractivity contribution in [2.45, 2.75) is 62.8 Å². The van der Waals surface area contributed by atoms with E-state index < -0.39 is 51.0 Å². The van der Waals surface area contributed by atoms with Crippen molar-refractivity contribution in [1.82, 2.24) is 5.32 Å². The van der Waals surface area contributed by atoms with Gasteiger partial charge >= 0.3 is 12.1 Å². The topological polar surface area (TPSA) is 116 Å². The third-order valence-electron chi connectivity index (χ3n) is 3.58. The summed E-state index contributed by atoms with van der Waals surface area (Å²) in [5, 5.41) is 0.623. The van der Waals surface area contributed by atoms with Crippen molar-refractivity contribution >= 4 is 27.7 Å².